The predicted octanol–water partition coefficient (Wildman–Crippen LogP) is 24.2. The number of unbranched alkanes of at least 4 members (excludes halogenated alkanes) is 51. The lowest BCUT2D eigenvalue weighted by molar-refractivity contribution is -0.167. The second kappa shape index (κ2) is 67.4. The molecule has 0 aliphatic carbocycles. The molecule has 0 spiro atoms. The fourth-order valence-electron chi connectivity index (χ4n) is 10.9. The number of ether oxygens (including phenoxy) is 3. The number of carbonyl (C=O) groups is 3. The van der Waals surface area contributed by atoms with Gasteiger partial charge in [-0.3, -0.25) is 14.4 Å². The van der Waals surface area contributed by atoms with Crippen molar-refractivity contribution in [3.8, 4) is 0 Å². The molecule has 0 bridgehead atoms. The monoisotopic (exact) mass is 1100 g/mol. The maximum Gasteiger partial charge on any atom is 0.306 e. The van der Waals surface area contributed by atoms with Gasteiger partial charge in [0.1, 0.15) is 13.2 Å². The van der Waals surface area contributed by atoms with Gasteiger partial charge in [-0.1, -0.05) is 353 Å². The van der Waals surface area contributed by atoms with Gasteiger partial charge in [-0.2, -0.15) is 0 Å². The van der Waals surface area contributed by atoms with Gasteiger partial charge in [0.2, 0.25) is 0 Å². The number of rotatable bonds is 66. The van der Waals surface area contributed by atoms with Crippen LogP contribution in [0, 0.1) is 0 Å². The van der Waals surface area contributed by atoms with E-state index in [-0.39, 0.29) is 31.1 Å². The molecule has 0 saturated heterocycles. The third-order valence-electron chi connectivity index (χ3n) is 16.2. The van der Waals surface area contributed by atoms with E-state index in [4.69, 9.17) is 14.2 Å². The van der Waals surface area contributed by atoms with Gasteiger partial charge in [0.15, 0.2) is 6.10 Å². The summed E-state index contributed by atoms with van der Waals surface area (Å²) in [7, 11) is 0. The molecule has 78 heavy (non-hydrogen) atoms. The first-order chi connectivity index (χ1) is 38.5. The molecular weight excluding hydrogens is 961 g/mol. The fourth-order valence-corrected chi connectivity index (χ4v) is 10.9. The second-order valence-corrected chi connectivity index (χ2v) is 24.2. The van der Waals surface area contributed by atoms with E-state index in [2.05, 4.69) is 45.1 Å². The smallest absolute Gasteiger partial charge is 0.306 e. The summed E-state index contributed by atoms with van der Waals surface area (Å²) in [6, 6.07) is 0. The SMILES string of the molecule is CCCCCCC/C=C\C/C=C\CCCCCCCCCCCCCCCCCCCCCC(=O)OCC(COC(=O)CCCCCCCCCC)OC(=O)CCCCCCCCCCCCCCCCCCCCCCC. The topological polar surface area (TPSA) is 78.9 Å². The van der Waals surface area contributed by atoms with Crippen LogP contribution in [0.4, 0.5) is 0 Å². The third-order valence-corrected chi connectivity index (χ3v) is 16.2. The first-order valence-electron chi connectivity index (χ1n) is 35.3. The van der Waals surface area contributed by atoms with Crippen molar-refractivity contribution in [1.29, 1.82) is 0 Å². The highest BCUT2D eigenvalue weighted by atomic mass is 16.6. The van der Waals surface area contributed by atoms with Crippen LogP contribution in [-0.2, 0) is 28.6 Å². The Morgan fingerprint density at radius 2 is 0.462 bits per heavy atom. The van der Waals surface area contributed by atoms with E-state index in [1.54, 1.807) is 0 Å². The standard InChI is InChI=1S/C72H136O6/c1-4-7-10-13-16-19-21-23-25-27-29-31-32-33-34-35-36-37-38-39-40-42-43-45-47-49-51-53-56-59-62-65-71(74)77-68-69(67-76-70(73)64-61-58-55-18-15-12-9-6-3)78-72(75)66-63-60-57-54-52-50-48-46-44-41-30-28-26-24-22-20-17-14-11-8-5-2/h21,23,27,29,69H,4-20,22,24-26,28,30-68H2,1-3H3/b23-21-,29-27-. The van der Waals surface area contributed by atoms with Crippen LogP contribution in [0.1, 0.15) is 400 Å². The average Bonchev–Trinajstić information content (AvgIpc) is 3.44. The normalized spacial score (nSPS) is 12.1. The van der Waals surface area contributed by atoms with Gasteiger partial charge in [0.05, 0.1) is 0 Å². The first-order valence-corrected chi connectivity index (χ1v) is 35.3. The van der Waals surface area contributed by atoms with Crippen LogP contribution in [0.2, 0.25) is 0 Å². The van der Waals surface area contributed by atoms with Gasteiger partial charge < -0.3 is 14.2 Å². The van der Waals surface area contributed by atoms with E-state index < -0.39 is 6.10 Å². The van der Waals surface area contributed by atoms with Crippen LogP contribution in [0.5, 0.6) is 0 Å². The zero-order chi connectivity index (χ0) is 56.4. The van der Waals surface area contributed by atoms with Gasteiger partial charge in [0, 0.05) is 19.3 Å². The zero-order valence-electron chi connectivity index (χ0n) is 53.0. The van der Waals surface area contributed by atoms with E-state index in [0.29, 0.717) is 19.3 Å². The van der Waals surface area contributed by atoms with Crippen LogP contribution < -0.4 is 0 Å². The molecule has 0 amide bonds. The Labute approximate surface area is 487 Å². The Morgan fingerprint density at radius 3 is 0.705 bits per heavy atom. The summed E-state index contributed by atoms with van der Waals surface area (Å²) in [6.07, 6.45) is 82.4. The van der Waals surface area contributed by atoms with Crippen molar-refractivity contribution in [3.63, 3.8) is 0 Å². The van der Waals surface area contributed by atoms with E-state index >= 15 is 0 Å². The lowest BCUT2D eigenvalue weighted by atomic mass is 10.0. The van der Waals surface area contributed by atoms with Crippen LogP contribution in [-0.4, -0.2) is 37.2 Å². The van der Waals surface area contributed by atoms with Crippen molar-refractivity contribution in [2.75, 3.05) is 13.2 Å². The maximum absolute atomic E-state index is 12.9. The van der Waals surface area contributed by atoms with E-state index in [1.165, 1.54) is 295 Å². The Bertz CT molecular complexity index is 1260. The van der Waals surface area contributed by atoms with Gasteiger partial charge in [-0.15, -0.1) is 0 Å². The summed E-state index contributed by atoms with van der Waals surface area (Å²) in [4.78, 5) is 38.2. The average molecular weight is 1100 g/mol. The zero-order valence-corrected chi connectivity index (χ0v) is 53.0. The van der Waals surface area contributed by atoms with Crippen molar-refractivity contribution in [3.05, 3.63) is 24.3 Å². The van der Waals surface area contributed by atoms with Gasteiger partial charge in [0.25, 0.3) is 0 Å². The maximum atomic E-state index is 12.9. The van der Waals surface area contributed by atoms with Crippen molar-refractivity contribution in [2.24, 2.45) is 0 Å². The van der Waals surface area contributed by atoms with E-state index in [0.717, 1.165) is 64.2 Å². The summed E-state index contributed by atoms with van der Waals surface area (Å²) in [5.41, 5.74) is 0. The van der Waals surface area contributed by atoms with Crippen LogP contribution in [0.25, 0.3) is 0 Å². The minimum absolute atomic E-state index is 0.0638. The van der Waals surface area contributed by atoms with Gasteiger partial charge >= 0.3 is 17.9 Å². The van der Waals surface area contributed by atoms with Crippen molar-refractivity contribution >= 4 is 17.9 Å². The molecule has 6 heteroatoms. The highest BCUT2D eigenvalue weighted by Crippen LogP contribution is 2.19. The van der Waals surface area contributed by atoms with Gasteiger partial charge in [-0.25, -0.2) is 0 Å². The largest absolute Gasteiger partial charge is 0.462 e. The summed E-state index contributed by atoms with van der Waals surface area (Å²) in [5, 5.41) is 0. The number of hydrogen-bond acceptors (Lipinski definition) is 6. The highest BCUT2D eigenvalue weighted by molar-refractivity contribution is 5.71. The molecule has 0 fully saturated rings. The molecule has 460 valence electrons. The predicted molar refractivity (Wildman–Crippen MR) is 340 cm³/mol. The summed E-state index contributed by atoms with van der Waals surface area (Å²) in [6.45, 7) is 6.68. The summed E-state index contributed by atoms with van der Waals surface area (Å²) < 4.78 is 16.9. The summed E-state index contributed by atoms with van der Waals surface area (Å²) in [5.74, 6) is -0.837. The van der Waals surface area contributed by atoms with Crippen LogP contribution in [0.15, 0.2) is 24.3 Å². The van der Waals surface area contributed by atoms with Gasteiger partial charge in [-0.05, 0) is 51.4 Å². The molecule has 0 saturated carbocycles. The molecule has 6 nitrogen and oxygen atoms in total. The lowest BCUT2D eigenvalue weighted by Crippen LogP contribution is -2.30. The third kappa shape index (κ3) is 64.7. The Balaban J connectivity index is 4.02. The van der Waals surface area contributed by atoms with E-state index in [1.807, 2.05) is 0 Å². The quantitative estimate of drug-likeness (QED) is 0.0261. The van der Waals surface area contributed by atoms with Crippen LogP contribution in [0.3, 0.4) is 0 Å². The molecule has 0 aliphatic heterocycles. The molecule has 0 aromatic heterocycles. The molecule has 0 heterocycles. The first kappa shape index (κ1) is 75.9. The molecule has 0 aromatic rings. The van der Waals surface area contributed by atoms with Crippen molar-refractivity contribution in [1.82, 2.24) is 0 Å². The van der Waals surface area contributed by atoms with Crippen LogP contribution >= 0.6 is 0 Å². The molecule has 0 N–H and O–H groups in total. The fraction of sp³-hybridized carbons (Fsp3) is 0.903. The minimum atomic E-state index is -0.764. The Morgan fingerprint density at radius 1 is 0.256 bits per heavy atom. The van der Waals surface area contributed by atoms with Crippen molar-refractivity contribution < 1.29 is 28.6 Å². The molecule has 1 atom stereocenters. The lowest BCUT2D eigenvalue weighted by Gasteiger charge is -2.18. The van der Waals surface area contributed by atoms with E-state index in [9.17, 15) is 14.4 Å². The number of allylic oxidation sites excluding steroid dienone is 4. The highest BCUT2D eigenvalue weighted by Gasteiger charge is 2.19. The molecular formula is C72H136O6. The Hall–Kier alpha value is -2.11. The molecule has 0 aromatic carbocycles. The number of esters is 3. The molecule has 1 unspecified atom stereocenters. The summed E-state index contributed by atoms with van der Waals surface area (Å²) >= 11 is 0. The molecule has 0 aliphatic rings. The number of hydrogen-bond donors (Lipinski definition) is 0. The minimum Gasteiger partial charge on any atom is -0.462 e. The number of carbonyl (C=O) groups excluding carboxylic acids is 3. The Kier molecular flexibility index (Phi) is 65.6. The second-order valence-electron chi connectivity index (χ2n) is 24.2. The molecule has 0 radical (unpaired) electrons. The molecule has 0 rings (SSSR count). The van der Waals surface area contributed by atoms with Crippen molar-refractivity contribution in [2.45, 2.75) is 406 Å².